The molecule has 1 unspecified atom stereocenters. The van der Waals surface area contributed by atoms with Crippen LogP contribution >= 0.6 is 0 Å². The van der Waals surface area contributed by atoms with Gasteiger partial charge in [-0.15, -0.1) is 0 Å². The Balaban J connectivity index is 1.86. The molecule has 0 bridgehead atoms. The van der Waals surface area contributed by atoms with Crippen molar-refractivity contribution in [2.24, 2.45) is 5.73 Å². The van der Waals surface area contributed by atoms with Crippen molar-refractivity contribution in [1.29, 1.82) is 0 Å². The number of likely N-dealkylation sites (tertiary alicyclic amines) is 1. The summed E-state index contributed by atoms with van der Waals surface area (Å²) in [6.45, 7) is 2.82. The van der Waals surface area contributed by atoms with Crippen LogP contribution in [0, 0.1) is 0 Å². The van der Waals surface area contributed by atoms with Crippen molar-refractivity contribution in [2.45, 2.75) is 49.6 Å². The van der Waals surface area contributed by atoms with Crippen LogP contribution in [0.2, 0.25) is 0 Å². The summed E-state index contributed by atoms with van der Waals surface area (Å²) in [5, 5.41) is 0. The zero-order chi connectivity index (χ0) is 18.9. The third kappa shape index (κ3) is 3.67. The molecular weight excluding hydrogens is 354 g/mol. The van der Waals surface area contributed by atoms with Gasteiger partial charge in [0.1, 0.15) is 6.04 Å². The van der Waals surface area contributed by atoms with Gasteiger partial charge in [0.25, 0.3) is 0 Å². The van der Waals surface area contributed by atoms with E-state index in [4.69, 9.17) is 5.73 Å². The lowest BCUT2D eigenvalue weighted by Crippen LogP contribution is -2.52. The van der Waals surface area contributed by atoms with E-state index in [2.05, 4.69) is 0 Å². The fraction of sp³-hybridized carbons (Fsp3) is 0.556. The molecule has 0 aromatic heterocycles. The van der Waals surface area contributed by atoms with Gasteiger partial charge in [-0.1, -0.05) is 18.6 Å². The van der Waals surface area contributed by atoms with Gasteiger partial charge < -0.3 is 10.6 Å². The molecule has 1 aromatic rings. The van der Waals surface area contributed by atoms with Gasteiger partial charge in [0.2, 0.25) is 15.9 Å². The van der Waals surface area contributed by atoms with Crippen molar-refractivity contribution in [3.63, 3.8) is 0 Å². The first-order valence-electron chi connectivity index (χ1n) is 8.98. The van der Waals surface area contributed by atoms with E-state index in [1.165, 1.54) is 35.5 Å². The van der Waals surface area contributed by atoms with Crippen LogP contribution in [-0.4, -0.2) is 61.0 Å². The van der Waals surface area contributed by atoms with Gasteiger partial charge in [0.05, 0.1) is 4.90 Å². The number of sulfonamides is 1. The SMILES string of the molecule is CC(=O)c1ccc(S(=O)(=O)N2CCCCC2C(=O)N2CC[C@@H](N)C2)cc1. The van der Waals surface area contributed by atoms with Crippen molar-refractivity contribution < 1.29 is 18.0 Å². The van der Waals surface area contributed by atoms with E-state index in [1.807, 2.05) is 0 Å². The number of piperidine rings is 1. The molecule has 0 saturated carbocycles. The molecule has 8 heteroatoms. The van der Waals surface area contributed by atoms with Crippen LogP contribution in [-0.2, 0) is 14.8 Å². The van der Waals surface area contributed by atoms with Crippen LogP contribution in [0.3, 0.4) is 0 Å². The molecule has 2 fully saturated rings. The maximum atomic E-state index is 13.1. The Morgan fingerprint density at radius 3 is 2.35 bits per heavy atom. The predicted molar refractivity (Wildman–Crippen MR) is 97.1 cm³/mol. The highest BCUT2D eigenvalue weighted by atomic mass is 32.2. The number of nitrogens with zero attached hydrogens (tertiary/aromatic N) is 2. The summed E-state index contributed by atoms with van der Waals surface area (Å²) >= 11 is 0. The molecule has 0 radical (unpaired) electrons. The number of rotatable bonds is 4. The van der Waals surface area contributed by atoms with Gasteiger partial charge in [0, 0.05) is 31.2 Å². The summed E-state index contributed by atoms with van der Waals surface area (Å²) in [6.07, 6.45) is 2.83. The summed E-state index contributed by atoms with van der Waals surface area (Å²) in [5.41, 5.74) is 6.35. The van der Waals surface area contributed by atoms with Crippen molar-refractivity contribution in [1.82, 2.24) is 9.21 Å². The zero-order valence-electron chi connectivity index (χ0n) is 14.9. The molecule has 2 atom stereocenters. The Hall–Kier alpha value is -1.77. The van der Waals surface area contributed by atoms with E-state index in [-0.39, 0.29) is 22.6 Å². The van der Waals surface area contributed by atoms with Crippen molar-refractivity contribution >= 4 is 21.7 Å². The molecule has 2 aliphatic rings. The molecule has 3 rings (SSSR count). The van der Waals surface area contributed by atoms with Gasteiger partial charge in [-0.3, -0.25) is 9.59 Å². The van der Waals surface area contributed by atoms with E-state index in [0.29, 0.717) is 31.6 Å². The van der Waals surface area contributed by atoms with E-state index < -0.39 is 16.1 Å². The third-order valence-electron chi connectivity index (χ3n) is 5.14. The van der Waals surface area contributed by atoms with Gasteiger partial charge in [-0.25, -0.2) is 8.42 Å². The van der Waals surface area contributed by atoms with Gasteiger partial charge in [-0.2, -0.15) is 4.31 Å². The Labute approximate surface area is 154 Å². The molecule has 2 N–H and O–H groups in total. The van der Waals surface area contributed by atoms with E-state index in [9.17, 15) is 18.0 Å². The second kappa shape index (κ2) is 7.46. The Bertz CT molecular complexity index is 791. The van der Waals surface area contributed by atoms with E-state index >= 15 is 0 Å². The lowest BCUT2D eigenvalue weighted by atomic mass is 10.0. The van der Waals surface area contributed by atoms with Crippen LogP contribution in [0.1, 0.15) is 43.0 Å². The first-order chi connectivity index (χ1) is 12.3. The van der Waals surface area contributed by atoms with Crippen LogP contribution < -0.4 is 5.73 Å². The molecule has 1 amide bonds. The molecule has 2 aliphatic heterocycles. The number of hydrogen-bond donors (Lipinski definition) is 1. The highest BCUT2D eigenvalue weighted by Crippen LogP contribution is 2.27. The average Bonchev–Trinajstić information content (AvgIpc) is 3.07. The molecular formula is C18H25N3O4S. The molecule has 2 saturated heterocycles. The number of ketones is 1. The summed E-state index contributed by atoms with van der Waals surface area (Å²) in [7, 11) is -3.80. The summed E-state index contributed by atoms with van der Waals surface area (Å²) < 4.78 is 27.5. The van der Waals surface area contributed by atoms with E-state index in [0.717, 1.165) is 19.3 Å². The lowest BCUT2D eigenvalue weighted by molar-refractivity contribution is -0.135. The molecule has 7 nitrogen and oxygen atoms in total. The smallest absolute Gasteiger partial charge is 0.243 e. The normalized spacial score (nSPS) is 24.6. The second-order valence-electron chi connectivity index (χ2n) is 7.04. The second-order valence-corrected chi connectivity index (χ2v) is 8.93. The minimum atomic E-state index is -3.80. The number of Topliss-reactive ketones (excluding diaryl/α,β-unsaturated/α-hetero) is 1. The van der Waals surface area contributed by atoms with Crippen LogP contribution in [0.5, 0.6) is 0 Å². The molecule has 142 valence electrons. The predicted octanol–water partition coefficient (Wildman–Crippen LogP) is 0.992. The lowest BCUT2D eigenvalue weighted by Gasteiger charge is -2.35. The number of carbonyl (C=O) groups excluding carboxylic acids is 2. The topological polar surface area (TPSA) is 101 Å². The summed E-state index contributed by atoms with van der Waals surface area (Å²) in [5.74, 6) is -0.271. The molecule has 26 heavy (non-hydrogen) atoms. The number of benzene rings is 1. The quantitative estimate of drug-likeness (QED) is 0.787. The Morgan fingerprint density at radius 2 is 1.77 bits per heavy atom. The standard InChI is InChI=1S/C18H25N3O4S/c1-13(22)14-5-7-16(8-6-14)26(24,25)21-10-3-2-4-17(21)18(23)20-11-9-15(19)12-20/h5-8,15,17H,2-4,9-12,19H2,1H3/t15-,17?/m1/s1. The molecule has 2 heterocycles. The average molecular weight is 379 g/mol. The minimum absolute atomic E-state index is 0.0354. The number of nitrogens with two attached hydrogens (primary N) is 1. The maximum absolute atomic E-state index is 13.1. The monoisotopic (exact) mass is 379 g/mol. The van der Waals surface area contributed by atoms with Gasteiger partial charge >= 0.3 is 0 Å². The van der Waals surface area contributed by atoms with Crippen LogP contribution in [0.4, 0.5) is 0 Å². The molecule has 0 aliphatic carbocycles. The highest BCUT2D eigenvalue weighted by molar-refractivity contribution is 7.89. The van der Waals surface area contributed by atoms with Crippen molar-refractivity contribution in [3.05, 3.63) is 29.8 Å². The first-order valence-corrected chi connectivity index (χ1v) is 10.4. The first kappa shape index (κ1) is 19.0. The number of amides is 1. The Kier molecular flexibility index (Phi) is 5.45. The van der Waals surface area contributed by atoms with Crippen molar-refractivity contribution in [2.75, 3.05) is 19.6 Å². The van der Waals surface area contributed by atoms with Crippen LogP contribution in [0.25, 0.3) is 0 Å². The van der Waals surface area contributed by atoms with Crippen LogP contribution in [0.15, 0.2) is 29.2 Å². The summed E-state index contributed by atoms with van der Waals surface area (Å²) in [6, 6.07) is 5.19. The number of hydrogen-bond acceptors (Lipinski definition) is 5. The molecule has 1 aromatic carbocycles. The minimum Gasteiger partial charge on any atom is -0.340 e. The third-order valence-corrected chi connectivity index (χ3v) is 7.06. The van der Waals surface area contributed by atoms with Crippen molar-refractivity contribution in [3.8, 4) is 0 Å². The maximum Gasteiger partial charge on any atom is 0.243 e. The zero-order valence-corrected chi connectivity index (χ0v) is 15.7. The number of carbonyl (C=O) groups is 2. The largest absolute Gasteiger partial charge is 0.340 e. The van der Waals surface area contributed by atoms with Gasteiger partial charge in [0.15, 0.2) is 5.78 Å². The fourth-order valence-corrected chi connectivity index (χ4v) is 5.29. The van der Waals surface area contributed by atoms with E-state index in [1.54, 1.807) is 4.90 Å². The highest BCUT2D eigenvalue weighted by Gasteiger charge is 2.40. The summed E-state index contributed by atoms with van der Waals surface area (Å²) in [4.78, 5) is 26.1. The Morgan fingerprint density at radius 1 is 1.08 bits per heavy atom. The van der Waals surface area contributed by atoms with Gasteiger partial charge in [-0.05, 0) is 38.3 Å². The fourth-order valence-electron chi connectivity index (χ4n) is 3.63. The molecule has 0 spiro atoms.